The first-order chi connectivity index (χ1) is 9.66. The molecule has 0 atom stereocenters. The van der Waals surface area contributed by atoms with E-state index in [-0.39, 0.29) is 18.2 Å². The lowest BCUT2D eigenvalue weighted by Gasteiger charge is -2.24. The van der Waals surface area contributed by atoms with Gasteiger partial charge in [-0.1, -0.05) is 30.3 Å². The fraction of sp³-hybridized carbons (Fsp3) is 0.125. The van der Waals surface area contributed by atoms with Crippen LogP contribution in [0.2, 0.25) is 0 Å². The molecular formula is C16H13NO3. The third-order valence-electron chi connectivity index (χ3n) is 3.32. The molecule has 0 N–H and O–H groups in total. The van der Waals surface area contributed by atoms with Crippen molar-refractivity contribution in [3.05, 3.63) is 59.7 Å². The molecule has 20 heavy (non-hydrogen) atoms. The number of carbonyl (C=O) groups excluding carboxylic acids is 2. The summed E-state index contributed by atoms with van der Waals surface area (Å²) < 4.78 is 5.77. The number of rotatable bonds is 2. The molecule has 0 saturated carbocycles. The molecule has 0 radical (unpaired) electrons. The van der Waals surface area contributed by atoms with Crippen molar-refractivity contribution in [3.8, 4) is 11.5 Å². The number of hydrogen-bond donors (Lipinski definition) is 0. The first kappa shape index (κ1) is 12.4. The van der Waals surface area contributed by atoms with E-state index in [4.69, 9.17) is 4.74 Å². The second kappa shape index (κ2) is 4.81. The molecule has 0 aliphatic carbocycles. The van der Waals surface area contributed by atoms with E-state index in [2.05, 4.69) is 0 Å². The molecule has 3 rings (SSSR count). The molecule has 0 bridgehead atoms. The van der Waals surface area contributed by atoms with Gasteiger partial charge in [-0.2, -0.15) is 0 Å². The van der Waals surface area contributed by atoms with Crippen LogP contribution in [0.1, 0.15) is 15.9 Å². The van der Waals surface area contributed by atoms with Gasteiger partial charge in [0.05, 0.1) is 12.0 Å². The van der Waals surface area contributed by atoms with Gasteiger partial charge in [0, 0.05) is 7.05 Å². The van der Waals surface area contributed by atoms with Gasteiger partial charge >= 0.3 is 0 Å². The van der Waals surface area contributed by atoms with Gasteiger partial charge in [-0.15, -0.1) is 0 Å². The number of nitrogens with zero attached hydrogens (tertiary/aromatic N) is 1. The van der Waals surface area contributed by atoms with Crippen LogP contribution in [0.4, 0.5) is 0 Å². The van der Waals surface area contributed by atoms with Gasteiger partial charge in [0.25, 0.3) is 5.91 Å². The molecule has 2 aromatic carbocycles. The third kappa shape index (κ3) is 2.05. The van der Waals surface area contributed by atoms with E-state index >= 15 is 0 Å². The van der Waals surface area contributed by atoms with Crippen LogP contribution in [0.3, 0.4) is 0 Å². The molecule has 1 aliphatic heterocycles. The van der Waals surface area contributed by atoms with E-state index < -0.39 is 0 Å². The molecule has 0 aromatic heterocycles. The van der Waals surface area contributed by atoms with Crippen molar-refractivity contribution in [1.29, 1.82) is 0 Å². The fourth-order valence-corrected chi connectivity index (χ4v) is 2.23. The quantitative estimate of drug-likeness (QED) is 0.786. The van der Waals surface area contributed by atoms with Crippen LogP contribution >= 0.6 is 0 Å². The first-order valence-electron chi connectivity index (χ1n) is 6.32. The minimum absolute atomic E-state index is 0.195. The van der Waals surface area contributed by atoms with Crippen LogP contribution in [0.5, 0.6) is 11.5 Å². The summed E-state index contributed by atoms with van der Waals surface area (Å²) in [7, 11) is 1.49. The minimum atomic E-state index is -0.317. The van der Waals surface area contributed by atoms with Crippen LogP contribution in [0.25, 0.3) is 0 Å². The van der Waals surface area contributed by atoms with Crippen molar-refractivity contribution < 1.29 is 14.3 Å². The molecule has 1 aliphatic rings. The number of fused-ring (bicyclic) bond motifs is 1. The van der Waals surface area contributed by atoms with Crippen LogP contribution in [0.15, 0.2) is 48.5 Å². The van der Waals surface area contributed by atoms with Crippen molar-refractivity contribution in [2.24, 2.45) is 0 Å². The van der Waals surface area contributed by atoms with Gasteiger partial charge in [0.1, 0.15) is 11.5 Å². The van der Waals surface area contributed by atoms with Crippen molar-refractivity contribution >= 4 is 11.8 Å². The van der Waals surface area contributed by atoms with E-state index in [1.807, 2.05) is 30.3 Å². The van der Waals surface area contributed by atoms with E-state index in [9.17, 15) is 9.59 Å². The molecule has 0 fully saturated rings. The molecule has 4 nitrogen and oxygen atoms in total. The minimum Gasteiger partial charge on any atom is -0.457 e. The fourth-order valence-electron chi connectivity index (χ4n) is 2.23. The predicted molar refractivity (Wildman–Crippen MR) is 73.8 cm³/mol. The molecule has 2 aromatic rings. The summed E-state index contributed by atoms with van der Waals surface area (Å²) in [6.07, 6.45) is 0.226. The lowest BCUT2D eigenvalue weighted by Crippen LogP contribution is -2.39. The van der Waals surface area contributed by atoms with Crippen molar-refractivity contribution in [1.82, 2.24) is 4.90 Å². The average molecular weight is 267 g/mol. The standard InChI is InChI=1S/C16H13NO3/c1-17-14(18)10-11-6-5-9-13(15(11)16(17)19)20-12-7-3-2-4-8-12/h2-9H,10H2,1H3. The van der Waals surface area contributed by atoms with Gasteiger partial charge in [0.15, 0.2) is 0 Å². The second-order valence-electron chi connectivity index (χ2n) is 4.64. The number of hydrogen-bond acceptors (Lipinski definition) is 3. The van der Waals surface area contributed by atoms with E-state index in [0.717, 1.165) is 4.90 Å². The SMILES string of the molecule is CN1C(=O)Cc2cccc(Oc3ccccc3)c2C1=O. The smallest absolute Gasteiger partial charge is 0.264 e. The zero-order chi connectivity index (χ0) is 14.1. The number of para-hydroxylation sites is 1. The predicted octanol–water partition coefficient (Wildman–Crippen LogP) is 2.63. The van der Waals surface area contributed by atoms with Crippen molar-refractivity contribution in [2.45, 2.75) is 6.42 Å². The largest absolute Gasteiger partial charge is 0.457 e. The summed E-state index contributed by atoms with van der Waals surface area (Å²) >= 11 is 0. The summed E-state index contributed by atoms with van der Waals surface area (Å²) in [5.41, 5.74) is 1.19. The highest BCUT2D eigenvalue weighted by molar-refractivity contribution is 6.11. The molecule has 0 saturated heterocycles. The lowest BCUT2D eigenvalue weighted by molar-refractivity contribution is -0.127. The summed E-state index contributed by atoms with van der Waals surface area (Å²) in [6.45, 7) is 0. The highest BCUT2D eigenvalue weighted by Crippen LogP contribution is 2.31. The maximum Gasteiger partial charge on any atom is 0.264 e. The first-order valence-corrected chi connectivity index (χ1v) is 6.32. The molecule has 1 heterocycles. The summed E-state index contributed by atoms with van der Waals surface area (Å²) in [4.78, 5) is 25.1. The van der Waals surface area contributed by atoms with E-state index in [1.54, 1.807) is 18.2 Å². The Morgan fingerprint density at radius 1 is 1.00 bits per heavy atom. The maximum atomic E-state index is 12.3. The Labute approximate surface area is 116 Å². The van der Waals surface area contributed by atoms with Gasteiger partial charge in [-0.3, -0.25) is 14.5 Å². The molecular weight excluding hydrogens is 254 g/mol. The Morgan fingerprint density at radius 2 is 1.75 bits per heavy atom. The number of benzene rings is 2. The average Bonchev–Trinajstić information content (AvgIpc) is 2.46. The molecule has 0 unspecified atom stereocenters. The van der Waals surface area contributed by atoms with Gasteiger partial charge in [0.2, 0.25) is 5.91 Å². The van der Waals surface area contributed by atoms with Crippen LogP contribution in [0, 0.1) is 0 Å². The third-order valence-corrected chi connectivity index (χ3v) is 3.32. The normalized spacial score (nSPS) is 14.2. The Bertz CT molecular complexity index is 679. The second-order valence-corrected chi connectivity index (χ2v) is 4.64. The highest BCUT2D eigenvalue weighted by Gasteiger charge is 2.30. The maximum absolute atomic E-state index is 12.3. The van der Waals surface area contributed by atoms with Gasteiger partial charge < -0.3 is 4.74 Å². The van der Waals surface area contributed by atoms with Gasteiger partial charge in [-0.05, 0) is 23.8 Å². The van der Waals surface area contributed by atoms with Crippen LogP contribution in [-0.2, 0) is 11.2 Å². The number of likely N-dealkylation sites (N-methyl/N-ethyl adjacent to an activating group) is 1. The Morgan fingerprint density at radius 3 is 2.50 bits per heavy atom. The lowest BCUT2D eigenvalue weighted by atomic mass is 9.98. The Balaban J connectivity index is 2.04. The summed E-state index contributed by atoms with van der Waals surface area (Å²) in [5.74, 6) is 0.633. The van der Waals surface area contributed by atoms with E-state index in [1.165, 1.54) is 7.05 Å². The van der Waals surface area contributed by atoms with Crippen molar-refractivity contribution in [2.75, 3.05) is 7.05 Å². The Hall–Kier alpha value is -2.62. The van der Waals surface area contributed by atoms with Crippen LogP contribution in [-0.4, -0.2) is 23.8 Å². The molecule has 100 valence electrons. The number of carbonyl (C=O) groups is 2. The van der Waals surface area contributed by atoms with Crippen LogP contribution < -0.4 is 4.74 Å². The monoisotopic (exact) mass is 267 g/mol. The Kier molecular flexibility index (Phi) is 2.99. The van der Waals surface area contributed by atoms with Crippen molar-refractivity contribution in [3.63, 3.8) is 0 Å². The zero-order valence-corrected chi connectivity index (χ0v) is 11.0. The topological polar surface area (TPSA) is 46.6 Å². The molecule has 0 spiro atoms. The molecule has 2 amide bonds. The number of ether oxygens (including phenoxy) is 1. The summed E-state index contributed by atoms with van der Waals surface area (Å²) in [5, 5.41) is 0. The van der Waals surface area contributed by atoms with Gasteiger partial charge in [-0.25, -0.2) is 0 Å². The molecule has 4 heteroatoms. The van der Waals surface area contributed by atoms with E-state index in [0.29, 0.717) is 22.6 Å². The zero-order valence-electron chi connectivity index (χ0n) is 11.0. The number of imide groups is 1. The summed E-state index contributed by atoms with van der Waals surface area (Å²) in [6, 6.07) is 14.6. The highest BCUT2D eigenvalue weighted by atomic mass is 16.5. The number of amides is 2.